The minimum absolute atomic E-state index is 0.468. The molecule has 2 heterocycles. The number of aromatic nitrogens is 6. The van der Waals surface area contributed by atoms with Crippen molar-refractivity contribution < 1.29 is 4.52 Å². The molecule has 0 bridgehead atoms. The molecule has 23 heavy (non-hydrogen) atoms. The summed E-state index contributed by atoms with van der Waals surface area (Å²) in [5.74, 6) is 2.01. The SMILES string of the molecule is CC(C)Cn1nnnc1SCc1nc(-c2cccc(Cl)c2)no1. The van der Waals surface area contributed by atoms with E-state index in [1.807, 2.05) is 12.1 Å². The van der Waals surface area contributed by atoms with Crippen molar-refractivity contribution in [2.45, 2.75) is 31.3 Å². The van der Waals surface area contributed by atoms with Crippen LogP contribution in [0.1, 0.15) is 19.7 Å². The second-order valence-electron chi connectivity index (χ2n) is 5.35. The molecule has 120 valence electrons. The lowest BCUT2D eigenvalue weighted by molar-refractivity contribution is 0.391. The number of hydrogen-bond donors (Lipinski definition) is 0. The van der Waals surface area contributed by atoms with E-state index in [0.717, 1.165) is 17.3 Å². The van der Waals surface area contributed by atoms with E-state index in [0.29, 0.717) is 28.4 Å². The summed E-state index contributed by atoms with van der Waals surface area (Å²) in [6, 6.07) is 7.34. The molecule has 0 radical (unpaired) electrons. The number of hydrogen-bond acceptors (Lipinski definition) is 7. The molecular weight excluding hydrogens is 336 g/mol. The van der Waals surface area contributed by atoms with Gasteiger partial charge in [-0.3, -0.25) is 0 Å². The van der Waals surface area contributed by atoms with Crippen LogP contribution in [0.3, 0.4) is 0 Å². The molecule has 0 saturated carbocycles. The van der Waals surface area contributed by atoms with Crippen molar-refractivity contribution in [3.63, 3.8) is 0 Å². The van der Waals surface area contributed by atoms with Crippen molar-refractivity contribution in [2.75, 3.05) is 0 Å². The molecule has 0 unspecified atom stereocenters. The Kier molecular flexibility index (Phi) is 4.92. The van der Waals surface area contributed by atoms with Crippen LogP contribution in [0.4, 0.5) is 0 Å². The molecular formula is C14H15ClN6OS. The molecule has 0 atom stereocenters. The summed E-state index contributed by atoms with van der Waals surface area (Å²) in [4.78, 5) is 4.38. The van der Waals surface area contributed by atoms with Crippen molar-refractivity contribution in [1.82, 2.24) is 30.3 Å². The molecule has 2 aromatic heterocycles. The molecule has 0 spiro atoms. The summed E-state index contributed by atoms with van der Waals surface area (Å²) >= 11 is 7.44. The number of benzene rings is 1. The van der Waals surface area contributed by atoms with E-state index in [-0.39, 0.29) is 0 Å². The number of rotatable bonds is 6. The molecule has 0 fully saturated rings. The highest BCUT2D eigenvalue weighted by atomic mass is 35.5. The molecule has 3 aromatic rings. The molecule has 7 nitrogen and oxygen atoms in total. The summed E-state index contributed by atoms with van der Waals surface area (Å²) in [6.07, 6.45) is 0. The number of nitrogens with zero attached hydrogens (tertiary/aromatic N) is 6. The van der Waals surface area contributed by atoms with Gasteiger partial charge in [-0.2, -0.15) is 4.98 Å². The van der Waals surface area contributed by atoms with Crippen molar-refractivity contribution >= 4 is 23.4 Å². The quantitative estimate of drug-likeness (QED) is 0.630. The smallest absolute Gasteiger partial charge is 0.237 e. The van der Waals surface area contributed by atoms with Gasteiger partial charge in [0.05, 0.1) is 5.75 Å². The zero-order valence-electron chi connectivity index (χ0n) is 12.7. The van der Waals surface area contributed by atoms with Crippen LogP contribution in [-0.2, 0) is 12.3 Å². The zero-order chi connectivity index (χ0) is 16.2. The Balaban J connectivity index is 1.67. The lowest BCUT2D eigenvalue weighted by Gasteiger charge is -2.05. The van der Waals surface area contributed by atoms with Crippen LogP contribution in [0.2, 0.25) is 5.02 Å². The second kappa shape index (κ2) is 7.10. The van der Waals surface area contributed by atoms with Gasteiger partial charge in [0.2, 0.25) is 16.9 Å². The van der Waals surface area contributed by atoms with E-state index in [1.54, 1.807) is 16.8 Å². The van der Waals surface area contributed by atoms with Crippen molar-refractivity contribution in [3.05, 3.63) is 35.2 Å². The van der Waals surface area contributed by atoms with Gasteiger partial charge in [0, 0.05) is 17.1 Å². The van der Waals surface area contributed by atoms with Crippen molar-refractivity contribution in [3.8, 4) is 11.4 Å². The Hall–Kier alpha value is -1.93. The zero-order valence-corrected chi connectivity index (χ0v) is 14.3. The first-order valence-corrected chi connectivity index (χ1v) is 8.45. The van der Waals surface area contributed by atoms with E-state index >= 15 is 0 Å². The number of halogens is 1. The third-order valence-corrected chi connectivity index (χ3v) is 4.09. The molecule has 0 saturated heterocycles. The van der Waals surface area contributed by atoms with E-state index < -0.39 is 0 Å². The van der Waals surface area contributed by atoms with Crippen LogP contribution in [-0.4, -0.2) is 30.3 Å². The largest absolute Gasteiger partial charge is 0.338 e. The van der Waals surface area contributed by atoms with Crippen LogP contribution in [0, 0.1) is 5.92 Å². The van der Waals surface area contributed by atoms with Crippen LogP contribution < -0.4 is 0 Å². The highest BCUT2D eigenvalue weighted by Gasteiger charge is 2.13. The predicted octanol–water partition coefficient (Wildman–Crippen LogP) is 3.32. The van der Waals surface area contributed by atoms with E-state index in [1.165, 1.54) is 11.8 Å². The van der Waals surface area contributed by atoms with Gasteiger partial charge < -0.3 is 4.52 Å². The van der Waals surface area contributed by atoms with Crippen LogP contribution >= 0.6 is 23.4 Å². The molecule has 0 amide bonds. The van der Waals surface area contributed by atoms with Crippen molar-refractivity contribution in [1.29, 1.82) is 0 Å². The summed E-state index contributed by atoms with van der Waals surface area (Å²) in [5.41, 5.74) is 0.821. The van der Waals surface area contributed by atoms with Crippen LogP contribution in [0.5, 0.6) is 0 Å². The normalized spacial score (nSPS) is 11.3. The molecule has 0 N–H and O–H groups in total. The molecule has 1 aromatic carbocycles. The summed E-state index contributed by atoms with van der Waals surface area (Å²) in [5, 5.41) is 17.1. The first kappa shape index (κ1) is 15.9. The topological polar surface area (TPSA) is 82.5 Å². The van der Waals surface area contributed by atoms with Crippen LogP contribution in [0.25, 0.3) is 11.4 Å². The second-order valence-corrected chi connectivity index (χ2v) is 6.73. The van der Waals surface area contributed by atoms with Gasteiger partial charge in [0.1, 0.15) is 0 Å². The van der Waals surface area contributed by atoms with E-state index in [9.17, 15) is 0 Å². The minimum atomic E-state index is 0.468. The molecule has 0 aliphatic heterocycles. The van der Waals surface area contributed by atoms with Gasteiger partial charge >= 0.3 is 0 Å². The summed E-state index contributed by atoms with van der Waals surface area (Å²) in [7, 11) is 0. The fourth-order valence-corrected chi connectivity index (χ4v) is 2.86. The molecule has 0 aliphatic carbocycles. The Morgan fingerprint density at radius 1 is 1.35 bits per heavy atom. The predicted molar refractivity (Wildman–Crippen MR) is 87.0 cm³/mol. The Labute approximate surface area is 142 Å². The van der Waals surface area contributed by atoms with Gasteiger partial charge in [0.15, 0.2) is 0 Å². The maximum absolute atomic E-state index is 5.97. The standard InChI is InChI=1S/C14H15ClN6OS/c1-9(2)7-21-14(17-19-20-21)23-8-12-16-13(18-22-12)10-4-3-5-11(15)6-10/h3-6,9H,7-8H2,1-2H3. The monoisotopic (exact) mass is 350 g/mol. The molecule has 9 heteroatoms. The highest BCUT2D eigenvalue weighted by molar-refractivity contribution is 7.98. The Morgan fingerprint density at radius 2 is 2.22 bits per heavy atom. The minimum Gasteiger partial charge on any atom is -0.338 e. The van der Waals surface area contributed by atoms with Gasteiger partial charge in [-0.05, 0) is 28.5 Å². The Bertz CT molecular complexity index is 787. The van der Waals surface area contributed by atoms with Crippen molar-refractivity contribution in [2.24, 2.45) is 5.92 Å². The molecule has 3 rings (SSSR count). The third kappa shape index (κ3) is 4.08. The fraction of sp³-hybridized carbons (Fsp3) is 0.357. The lowest BCUT2D eigenvalue weighted by Crippen LogP contribution is -2.07. The van der Waals surface area contributed by atoms with Gasteiger partial charge in [-0.15, -0.1) is 5.10 Å². The number of thioether (sulfide) groups is 1. The molecule has 0 aliphatic rings. The summed E-state index contributed by atoms with van der Waals surface area (Å²) in [6.45, 7) is 5.00. The van der Waals surface area contributed by atoms with Gasteiger partial charge in [0.25, 0.3) is 0 Å². The number of tetrazole rings is 1. The first-order chi connectivity index (χ1) is 11.1. The average Bonchev–Trinajstić information content (AvgIpc) is 3.14. The highest BCUT2D eigenvalue weighted by Crippen LogP contribution is 2.23. The fourth-order valence-electron chi connectivity index (χ4n) is 1.94. The van der Waals surface area contributed by atoms with E-state index in [4.69, 9.17) is 16.1 Å². The summed E-state index contributed by atoms with van der Waals surface area (Å²) < 4.78 is 7.06. The maximum atomic E-state index is 5.97. The van der Waals surface area contributed by atoms with Gasteiger partial charge in [-0.1, -0.05) is 54.5 Å². The Morgan fingerprint density at radius 3 is 3.00 bits per heavy atom. The third-order valence-electron chi connectivity index (χ3n) is 2.91. The van der Waals surface area contributed by atoms with Gasteiger partial charge in [-0.25, -0.2) is 4.68 Å². The lowest BCUT2D eigenvalue weighted by atomic mass is 10.2. The average molecular weight is 351 g/mol. The van der Waals surface area contributed by atoms with Crippen LogP contribution in [0.15, 0.2) is 33.9 Å². The van der Waals surface area contributed by atoms with E-state index in [2.05, 4.69) is 39.5 Å². The maximum Gasteiger partial charge on any atom is 0.237 e. The first-order valence-electron chi connectivity index (χ1n) is 7.09.